The SMILES string of the molecule is CC(CCNC(=O)c1cnc(C(=O)O)cn1)CC(C)(C)C. The van der Waals surface area contributed by atoms with Crippen LogP contribution in [0.1, 0.15) is 61.5 Å². The Balaban J connectivity index is 2.42. The fraction of sp³-hybridized carbons (Fsp3) is 0.600. The lowest BCUT2D eigenvalue weighted by molar-refractivity contribution is 0.0689. The number of hydrogen-bond acceptors (Lipinski definition) is 4. The van der Waals surface area contributed by atoms with Crippen LogP contribution in [0, 0.1) is 11.3 Å². The molecule has 0 aromatic carbocycles. The molecule has 1 atom stereocenters. The van der Waals surface area contributed by atoms with Gasteiger partial charge in [0.1, 0.15) is 5.69 Å². The third kappa shape index (κ3) is 6.33. The third-order valence-electron chi connectivity index (χ3n) is 2.99. The van der Waals surface area contributed by atoms with Crippen molar-refractivity contribution >= 4 is 11.9 Å². The van der Waals surface area contributed by atoms with Gasteiger partial charge in [0.25, 0.3) is 5.91 Å². The molecule has 0 aliphatic heterocycles. The largest absolute Gasteiger partial charge is 0.476 e. The molecule has 0 spiro atoms. The highest BCUT2D eigenvalue weighted by molar-refractivity contribution is 5.92. The maximum absolute atomic E-state index is 11.8. The summed E-state index contributed by atoms with van der Waals surface area (Å²) in [4.78, 5) is 29.9. The van der Waals surface area contributed by atoms with Gasteiger partial charge in [-0.25, -0.2) is 14.8 Å². The van der Waals surface area contributed by atoms with Crippen LogP contribution >= 0.6 is 0 Å². The number of rotatable bonds is 6. The number of nitrogens with zero attached hydrogens (tertiary/aromatic N) is 2. The quantitative estimate of drug-likeness (QED) is 0.840. The number of aromatic nitrogens is 2. The molecule has 1 amide bonds. The molecule has 1 rings (SSSR count). The summed E-state index contributed by atoms with van der Waals surface area (Å²) in [6.45, 7) is 9.32. The zero-order valence-corrected chi connectivity index (χ0v) is 13.0. The van der Waals surface area contributed by atoms with Gasteiger partial charge in [0.05, 0.1) is 12.4 Å². The molecule has 21 heavy (non-hydrogen) atoms. The van der Waals surface area contributed by atoms with Gasteiger partial charge in [-0.2, -0.15) is 0 Å². The lowest BCUT2D eigenvalue weighted by atomic mass is 9.84. The molecule has 6 heteroatoms. The van der Waals surface area contributed by atoms with E-state index in [9.17, 15) is 9.59 Å². The monoisotopic (exact) mass is 293 g/mol. The summed E-state index contributed by atoms with van der Waals surface area (Å²) in [7, 11) is 0. The average molecular weight is 293 g/mol. The van der Waals surface area contributed by atoms with Crippen LogP contribution in [0.2, 0.25) is 0 Å². The Hall–Kier alpha value is -1.98. The van der Waals surface area contributed by atoms with E-state index >= 15 is 0 Å². The number of carboxylic acids is 1. The van der Waals surface area contributed by atoms with E-state index < -0.39 is 5.97 Å². The number of nitrogens with one attached hydrogen (secondary N) is 1. The molecule has 0 saturated heterocycles. The minimum atomic E-state index is -1.16. The molecule has 116 valence electrons. The molecule has 1 heterocycles. The molecule has 6 nitrogen and oxygen atoms in total. The van der Waals surface area contributed by atoms with E-state index in [1.54, 1.807) is 0 Å². The summed E-state index contributed by atoms with van der Waals surface area (Å²) in [5.41, 5.74) is 0.232. The fourth-order valence-corrected chi connectivity index (χ4v) is 2.23. The number of carbonyl (C=O) groups excluding carboxylic acids is 1. The van der Waals surface area contributed by atoms with Gasteiger partial charge >= 0.3 is 5.97 Å². The highest BCUT2D eigenvalue weighted by Crippen LogP contribution is 2.25. The van der Waals surface area contributed by atoms with Crippen molar-refractivity contribution in [3.63, 3.8) is 0 Å². The summed E-state index contributed by atoms with van der Waals surface area (Å²) < 4.78 is 0. The summed E-state index contributed by atoms with van der Waals surface area (Å²) in [6, 6.07) is 0. The van der Waals surface area contributed by atoms with E-state index in [4.69, 9.17) is 5.11 Å². The lowest BCUT2D eigenvalue weighted by Gasteiger charge is -2.23. The van der Waals surface area contributed by atoms with Crippen molar-refractivity contribution in [1.82, 2.24) is 15.3 Å². The molecule has 2 N–H and O–H groups in total. The smallest absolute Gasteiger partial charge is 0.356 e. The topological polar surface area (TPSA) is 92.2 Å². The molecular weight excluding hydrogens is 270 g/mol. The van der Waals surface area contributed by atoms with E-state index in [1.165, 1.54) is 6.20 Å². The second kappa shape index (κ2) is 7.15. The van der Waals surface area contributed by atoms with Crippen LogP contribution in [0.15, 0.2) is 12.4 Å². The van der Waals surface area contributed by atoms with Crippen molar-refractivity contribution in [3.8, 4) is 0 Å². The number of aromatic carboxylic acids is 1. The normalized spacial score (nSPS) is 12.8. The van der Waals surface area contributed by atoms with Gasteiger partial charge in [0.2, 0.25) is 0 Å². The van der Waals surface area contributed by atoms with E-state index in [2.05, 4.69) is 43.0 Å². The second-order valence-electron chi connectivity index (χ2n) is 6.51. The van der Waals surface area contributed by atoms with E-state index in [0.717, 1.165) is 19.0 Å². The molecule has 1 aromatic rings. The van der Waals surface area contributed by atoms with Crippen molar-refractivity contribution in [2.45, 2.75) is 40.5 Å². The number of amides is 1. The number of carbonyl (C=O) groups is 2. The van der Waals surface area contributed by atoms with Crippen LogP contribution in [0.25, 0.3) is 0 Å². The molecule has 0 aliphatic rings. The molecule has 1 unspecified atom stereocenters. The van der Waals surface area contributed by atoms with Crippen molar-refractivity contribution in [1.29, 1.82) is 0 Å². The molecule has 1 aromatic heterocycles. The first-order valence-corrected chi connectivity index (χ1v) is 7.02. The minimum Gasteiger partial charge on any atom is -0.476 e. The number of carboxylic acid groups (broad SMARTS) is 1. The Bertz CT molecular complexity index is 492. The highest BCUT2D eigenvalue weighted by Gasteiger charge is 2.16. The zero-order valence-electron chi connectivity index (χ0n) is 13.0. The van der Waals surface area contributed by atoms with Gasteiger partial charge in [-0.15, -0.1) is 0 Å². The van der Waals surface area contributed by atoms with E-state index in [1.807, 2.05) is 0 Å². The first kappa shape index (κ1) is 17.1. The van der Waals surface area contributed by atoms with Crippen LogP contribution in [0.5, 0.6) is 0 Å². The summed E-state index contributed by atoms with van der Waals surface area (Å²) in [5, 5.41) is 11.5. The Kier molecular flexibility index (Phi) is 5.81. The Morgan fingerprint density at radius 3 is 2.29 bits per heavy atom. The van der Waals surface area contributed by atoms with Crippen molar-refractivity contribution < 1.29 is 14.7 Å². The van der Waals surface area contributed by atoms with Gasteiger partial charge in [0, 0.05) is 6.54 Å². The van der Waals surface area contributed by atoms with Crippen LogP contribution in [0.4, 0.5) is 0 Å². The van der Waals surface area contributed by atoms with E-state index in [0.29, 0.717) is 12.5 Å². The first-order chi connectivity index (χ1) is 9.69. The Labute approximate surface area is 125 Å². The Morgan fingerprint density at radius 2 is 1.81 bits per heavy atom. The van der Waals surface area contributed by atoms with Gasteiger partial charge in [0.15, 0.2) is 5.69 Å². The summed E-state index contributed by atoms with van der Waals surface area (Å²) >= 11 is 0. The van der Waals surface area contributed by atoms with Gasteiger partial charge < -0.3 is 10.4 Å². The average Bonchev–Trinajstić information content (AvgIpc) is 2.36. The van der Waals surface area contributed by atoms with E-state index in [-0.39, 0.29) is 22.7 Å². The molecule has 0 saturated carbocycles. The third-order valence-corrected chi connectivity index (χ3v) is 2.99. The van der Waals surface area contributed by atoms with Gasteiger partial charge in [-0.3, -0.25) is 4.79 Å². The van der Waals surface area contributed by atoms with Gasteiger partial charge in [-0.1, -0.05) is 27.7 Å². The molecular formula is C15H23N3O3. The number of hydrogen-bond donors (Lipinski definition) is 2. The maximum Gasteiger partial charge on any atom is 0.356 e. The van der Waals surface area contributed by atoms with Crippen molar-refractivity contribution in [2.24, 2.45) is 11.3 Å². The van der Waals surface area contributed by atoms with Crippen molar-refractivity contribution in [3.05, 3.63) is 23.8 Å². The standard InChI is InChI=1S/C15H23N3O3/c1-10(7-15(2,3)4)5-6-16-13(19)11-8-18-12(9-17-11)14(20)21/h8-10H,5-7H2,1-4H3,(H,16,19)(H,20,21). The lowest BCUT2D eigenvalue weighted by Crippen LogP contribution is -2.27. The van der Waals surface area contributed by atoms with Gasteiger partial charge in [-0.05, 0) is 24.2 Å². The summed E-state index contributed by atoms with van der Waals surface area (Å²) in [6.07, 6.45) is 4.25. The second-order valence-corrected chi connectivity index (χ2v) is 6.51. The zero-order chi connectivity index (χ0) is 16.0. The first-order valence-electron chi connectivity index (χ1n) is 7.02. The predicted molar refractivity (Wildman–Crippen MR) is 79.2 cm³/mol. The predicted octanol–water partition coefficient (Wildman–Crippen LogP) is 2.37. The van der Waals surface area contributed by atoms with Crippen LogP contribution < -0.4 is 5.32 Å². The van der Waals surface area contributed by atoms with Crippen LogP contribution in [-0.2, 0) is 0 Å². The van der Waals surface area contributed by atoms with Crippen LogP contribution in [0.3, 0.4) is 0 Å². The molecule has 0 fully saturated rings. The maximum atomic E-state index is 11.8. The summed E-state index contributed by atoms with van der Waals surface area (Å²) in [5.74, 6) is -0.973. The molecule has 0 radical (unpaired) electrons. The van der Waals surface area contributed by atoms with Crippen molar-refractivity contribution in [2.75, 3.05) is 6.54 Å². The van der Waals surface area contributed by atoms with Crippen LogP contribution in [-0.4, -0.2) is 33.5 Å². The molecule has 0 bridgehead atoms. The fourth-order valence-electron chi connectivity index (χ4n) is 2.23. The minimum absolute atomic E-state index is 0.128. The highest BCUT2D eigenvalue weighted by atomic mass is 16.4. The Morgan fingerprint density at radius 1 is 1.24 bits per heavy atom. The molecule has 0 aliphatic carbocycles.